The summed E-state index contributed by atoms with van der Waals surface area (Å²) in [4.78, 5) is 10.7. The lowest BCUT2D eigenvalue weighted by molar-refractivity contribution is 0.129. The molecule has 5 N–H and O–H groups in total. The van der Waals surface area contributed by atoms with Crippen molar-refractivity contribution in [2.45, 2.75) is 58.5 Å². The first-order valence-corrected chi connectivity index (χ1v) is 13.2. The second kappa shape index (κ2) is 10.2. The van der Waals surface area contributed by atoms with Gasteiger partial charge in [-0.15, -0.1) is 0 Å². The van der Waals surface area contributed by atoms with E-state index in [0.717, 1.165) is 82.4 Å². The zero-order valence-electron chi connectivity index (χ0n) is 21.9. The zero-order chi connectivity index (χ0) is 26.1. The predicted molar refractivity (Wildman–Crippen MR) is 151 cm³/mol. The van der Waals surface area contributed by atoms with Crippen LogP contribution in [0.3, 0.4) is 0 Å². The molecule has 1 atom stereocenters. The lowest BCUT2D eigenvalue weighted by atomic mass is 9.94. The minimum Gasteiger partial charge on any atom is -0.490 e. The molecule has 0 radical (unpaired) electrons. The molecule has 7 nitrogen and oxygen atoms in total. The Balaban J connectivity index is 1.57. The molecule has 0 saturated carbocycles. The number of imidazole rings is 1. The van der Waals surface area contributed by atoms with Gasteiger partial charge in [-0.25, -0.2) is 4.98 Å². The van der Waals surface area contributed by atoms with Crippen LogP contribution in [-0.4, -0.2) is 45.7 Å². The SMILES string of the molecule is CCC(C)c1nc2c(Cc3ccc(C(=N)N)c4ccccc34)c(OC3CCN(C(C)=N)CC3)ccc2[nH]1. The lowest BCUT2D eigenvalue weighted by Crippen LogP contribution is -2.40. The quantitative estimate of drug-likeness (QED) is 0.187. The number of nitrogens with two attached hydrogens (primary N) is 1. The van der Waals surface area contributed by atoms with Gasteiger partial charge in [0.05, 0.1) is 16.9 Å². The molecule has 0 aliphatic carbocycles. The highest BCUT2D eigenvalue weighted by Gasteiger charge is 2.24. The number of nitrogen functional groups attached to an aromatic ring is 1. The molecule has 1 unspecified atom stereocenters. The Hall–Kier alpha value is -3.87. The molecular formula is C30H36N6O. The Morgan fingerprint density at radius 3 is 2.51 bits per heavy atom. The molecule has 4 aromatic rings. The van der Waals surface area contributed by atoms with Crippen molar-refractivity contribution >= 4 is 33.5 Å². The number of nitrogens with one attached hydrogen (secondary N) is 3. The van der Waals surface area contributed by atoms with Crippen molar-refractivity contribution in [2.24, 2.45) is 5.73 Å². The number of benzene rings is 3. The number of aromatic amines is 1. The summed E-state index contributed by atoms with van der Waals surface area (Å²) >= 11 is 0. The Bertz CT molecular complexity index is 1460. The average molecular weight is 497 g/mol. The number of hydrogen-bond donors (Lipinski definition) is 4. The number of hydrogen-bond acceptors (Lipinski definition) is 4. The van der Waals surface area contributed by atoms with Gasteiger partial charge < -0.3 is 20.4 Å². The Morgan fingerprint density at radius 1 is 1.11 bits per heavy atom. The molecule has 37 heavy (non-hydrogen) atoms. The molecule has 1 aliphatic rings. The number of nitrogens with zero attached hydrogens (tertiary/aromatic N) is 2. The maximum absolute atomic E-state index is 8.02. The van der Waals surface area contributed by atoms with Gasteiger partial charge in [-0.1, -0.05) is 50.2 Å². The van der Waals surface area contributed by atoms with Gasteiger partial charge in [0.1, 0.15) is 23.5 Å². The van der Waals surface area contributed by atoms with Crippen LogP contribution < -0.4 is 10.5 Å². The third-order valence-electron chi connectivity index (χ3n) is 7.70. The Kier molecular flexibility index (Phi) is 6.87. The highest BCUT2D eigenvalue weighted by molar-refractivity contribution is 6.08. The summed E-state index contributed by atoms with van der Waals surface area (Å²) in [6, 6.07) is 16.3. The number of H-pyrrole nitrogens is 1. The van der Waals surface area contributed by atoms with Crippen LogP contribution in [0.15, 0.2) is 48.5 Å². The van der Waals surface area contributed by atoms with Gasteiger partial charge in [-0.05, 0) is 41.8 Å². The highest BCUT2D eigenvalue weighted by atomic mass is 16.5. The largest absolute Gasteiger partial charge is 0.490 e. The summed E-state index contributed by atoms with van der Waals surface area (Å²) in [7, 11) is 0. The average Bonchev–Trinajstić information content (AvgIpc) is 3.34. The smallest absolute Gasteiger partial charge is 0.125 e. The fraction of sp³-hybridized carbons (Fsp3) is 0.367. The molecule has 192 valence electrons. The van der Waals surface area contributed by atoms with Crippen LogP contribution in [0.1, 0.15) is 68.5 Å². The standard InChI is InChI=1S/C30H36N6O/c1-4-18(2)30-34-26-11-12-27(37-21-13-15-36(16-14-21)19(3)31)25(28(26)35-30)17-20-9-10-24(29(32)33)23-8-6-5-7-22(20)23/h5-12,18,21,31H,4,13-17H2,1-3H3,(H3,32,33)(H,34,35). The van der Waals surface area contributed by atoms with Crippen molar-refractivity contribution in [1.29, 1.82) is 10.8 Å². The summed E-state index contributed by atoms with van der Waals surface area (Å²) in [5, 5.41) is 18.0. The number of ether oxygens (including phenoxy) is 1. The van der Waals surface area contributed by atoms with Crippen LogP contribution in [0, 0.1) is 10.8 Å². The first-order chi connectivity index (χ1) is 17.9. The Labute approximate surface area is 218 Å². The zero-order valence-corrected chi connectivity index (χ0v) is 21.9. The number of likely N-dealkylation sites (tertiary alicyclic amines) is 1. The first kappa shape index (κ1) is 24.8. The van der Waals surface area contributed by atoms with Gasteiger partial charge in [0, 0.05) is 49.4 Å². The van der Waals surface area contributed by atoms with E-state index in [1.165, 1.54) is 0 Å². The topological polar surface area (TPSA) is 115 Å². The molecule has 1 aliphatic heterocycles. The van der Waals surface area contributed by atoms with Crippen molar-refractivity contribution in [3.63, 3.8) is 0 Å². The second-order valence-electron chi connectivity index (χ2n) is 10.2. The lowest BCUT2D eigenvalue weighted by Gasteiger charge is -2.33. The van der Waals surface area contributed by atoms with Crippen molar-refractivity contribution < 1.29 is 4.74 Å². The van der Waals surface area contributed by atoms with Crippen LogP contribution >= 0.6 is 0 Å². The number of fused-ring (bicyclic) bond motifs is 2. The predicted octanol–water partition coefficient (Wildman–Crippen LogP) is 5.94. The summed E-state index contributed by atoms with van der Waals surface area (Å²) in [6.07, 6.45) is 3.57. The number of amidine groups is 2. The fourth-order valence-corrected chi connectivity index (χ4v) is 5.27. The van der Waals surface area contributed by atoms with E-state index in [0.29, 0.717) is 18.2 Å². The third-order valence-corrected chi connectivity index (χ3v) is 7.70. The molecule has 1 saturated heterocycles. The molecule has 5 rings (SSSR count). The second-order valence-corrected chi connectivity index (χ2v) is 10.2. The number of rotatable bonds is 7. The summed E-state index contributed by atoms with van der Waals surface area (Å²) in [5.41, 5.74) is 10.9. The van der Waals surface area contributed by atoms with E-state index in [4.69, 9.17) is 26.3 Å². The molecule has 1 fully saturated rings. The molecular weight excluding hydrogens is 460 g/mol. The van der Waals surface area contributed by atoms with E-state index < -0.39 is 0 Å². The molecule has 7 heteroatoms. The maximum Gasteiger partial charge on any atom is 0.125 e. The molecule has 0 spiro atoms. The van der Waals surface area contributed by atoms with Gasteiger partial charge in [0.2, 0.25) is 0 Å². The summed E-state index contributed by atoms with van der Waals surface area (Å²) in [5.74, 6) is 2.91. The summed E-state index contributed by atoms with van der Waals surface area (Å²) in [6.45, 7) is 7.91. The van der Waals surface area contributed by atoms with Crippen molar-refractivity contribution in [3.05, 3.63) is 71.0 Å². The van der Waals surface area contributed by atoms with Crippen LogP contribution in [0.5, 0.6) is 5.75 Å². The normalized spacial score (nSPS) is 15.3. The monoisotopic (exact) mass is 496 g/mol. The fourth-order valence-electron chi connectivity index (χ4n) is 5.27. The number of aromatic nitrogens is 2. The van der Waals surface area contributed by atoms with E-state index >= 15 is 0 Å². The van der Waals surface area contributed by atoms with E-state index in [9.17, 15) is 0 Å². The summed E-state index contributed by atoms with van der Waals surface area (Å²) < 4.78 is 6.66. The van der Waals surface area contributed by atoms with Gasteiger partial charge in [0.25, 0.3) is 0 Å². The highest BCUT2D eigenvalue weighted by Crippen LogP contribution is 2.34. The van der Waals surface area contributed by atoms with E-state index in [1.54, 1.807) is 0 Å². The molecule has 1 aromatic heterocycles. The van der Waals surface area contributed by atoms with E-state index in [2.05, 4.69) is 48.0 Å². The van der Waals surface area contributed by atoms with Crippen LogP contribution in [0.4, 0.5) is 0 Å². The molecule has 3 aromatic carbocycles. The molecule has 0 bridgehead atoms. The van der Waals surface area contributed by atoms with Gasteiger partial charge >= 0.3 is 0 Å². The van der Waals surface area contributed by atoms with Crippen molar-refractivity contribution in [2.75, 3.05) is 13.1 Å². The molecule has 0 amide bonds. The van der Waals surface area contributed by atoms with E-state index in [1.807, 2.05) is 31.2 Å². The van der Waals surface area contributed by atoms with Crippen LogP contribution in [0.2, 0.25) is 0 Å². The minimum absolute atomic E-state index is 0.0749. The van der Waals surface area contributed by atoms with Crippen molar-refractivity contribution in [3.8, 4) is 5.75 Å². The maximum atomic E-state index is 8.02. The minimum atomic E-state index is 0.0749. The van der Waals surface area contributed by atoms with Crippen molar-refractivity contribution in [1.82, 2.24) is 14.9 Å². The van der Waals surface area contributed by atoms with Gasteiger partial charge in [-0.2, -0.15) is 0 Å². The Morgan fingerprint density at radius 2 is 1.84 bits per heavy atom. The third kappa shape index (κ3) is 4.90. The number of piperidine rings is 1. The van der Waals surface area contributed by atoms with E-state index in [-0.39, 0.29) is 11.9 Å². The molecule has 2 heterocycles. The van der Waals surface area contributed by atoms with Crippen LogP contribution in [-0.2, 0) is 6.42 Å². The van der Waals surface area contributed by atoms with Crippen LogP contribution in [0.25, 0.3) is 21.8 Å². The first-order valence-electron chi connectivity index (χ1n) is 13.2. The van der Waals surface area contributed by atoms with Gasteiger partial charge in [-0.3, -0.25) is 10.8 Å². The van der Waals surface area contributed by atoms with Gasteiger partial charge in [0.15, 0.2) is 0 Å².